The Labute approximate surface area is 109 Å². The van der Waals surface area contributed by atoms with Gasteiger partial charge >= 0.3 is 0 Å². The number of anilines is 1. The maximum atomic E-state index is 12.8. The number of halogens is 1. The van der Waals surface area contributed by atoms with Crippen molar-refractivity contribution < 1.29 is 4.39 Å². The molecule has 0 unspecified atom stereocenters. The molecule has 2 nitrogen and oxygen atoms in total. The summed E-state index contributed by atoms with van der Waals surface area (Å²) in [6, 6.07) is 4.60. The molecule has 0 spiro atoms. The summed E-state index contributed by atoms with van der Waals surface area (Å²) in [6.07, 6.45) is 6.19. The summed E-state index contributed by atoms with van der Waals surface area (Å²) in [7, 11) is 0. The molecule has 0 bridgehead atoms. The van der Waals surface area contributed by atoms with Crippen molar-refractivity contribution in [2.45, 2.75) is 52.0 Å². The van der Waals surface area contributed by atoms with Gasteiger partial charge in [-0.1, -0.05) is 25.3 Å². The summed E-state index contributed by atoms with van der Waals surface area (Å²) in [5.41, 5.74) is 2.25. The molecule has 1 fully saturated rings. The Bertz CT molecular complexity index is 386. The van der Waals surface area contributed by atoms with Crippen LogP contribution >= 0.6 is 0 Å². The van der Waals surface area contributed by atoms with Gasteiger partial charge in [0.1, 0.15) is 12.5 Å². The lowest BCUT2D eigenvalue weighted by Crippen LogP contribution is -2.39. The monoisotopic (exact) mass is 250 g/mol. The van der Waals surface area contributed by atoms with Gasteiger partial charge in [-0.25, -0.2) is 9.37 Å². The van der Waals surface area contributed by atoms with Crippen molar-refractivity contribution in [1.82, 2.24) is 4.98 Å². The van der Waals surface area contributed by atoms with E-state index >= 15 is 0 Å². The fraction of sp³-hybridized carbons (Fsp3) is 0.667. The molecule has 1 aliphatic carbocycles. The van der Waals surface area contributed by atoms with Crippen LogP contribution in [0, 0.1) is 13.8 Å². The van der Waals surface area contributed by atoms with E-state index in [1.54, 1.807) is 0 Å². The number of aryl methyl sites for hydroxylation is 2. The van der Waals surface area contributed by atoms with E-state index in [0.29, 0.717) is 12.6 Å². The van der Waals surface area contributed by atoms with Gasteiger partial charge in [0.15, 0.2) is 0 Å². The minimum Gasteiger partial charge on any atom is -0.351 e. The second-order valence-corrected chi connectivity index (χ2v) is 5.25. The Morgan fingerprint density at radius 2 is 1.94 bits per heavy atom. The van der Waals surface area contributed by atoms with Gasteiger partial charge in [0.2, 0.25) is 0 Å². The molecule has 2 rings (SSSR count). The molecule has 0 radical (unpaired) electrons. The molecular formula is C15H23FN2. The minimum absolute atomic E-state index is 0.300. The third kappa shape index (κ3) is 3.01. The van der Waals surface area contributed by atoms with Crippen LogP contribution in [0.25, 0.3) is 0 Å². The first-order valence-electron chi connectivity index (χ1n) is 6.99. The topological polar surface area (TPSA) is 16.1 Å². The SMILES string of the molecule is Cc1ccc(N(CCF)C2CCCCC2)nc1C. The van der Waals surface area contributed by atoms with E-state index < -0.39 is 0 Å². The highest BCUT2D eigenvalue weighted by Crippen LogP contribution is 2.26. The van der Waals surface area contributed by atoms with Gasteiger partial charge in [0.05, 0.1) is 0 Å². The molecule has 0 N–H and O–H groups in total. The molecule has 3 heteroatoms. The van der Waals surface area contributed by atoms with Gasteiger partial charge in [-0.2, -0.15) is 0 Å². The number of rotatable bonds is 4. The molecule has 1 aliphatic rings. The lowest BCUT2D eigenvalue weighted by Gasteiger charge is -2.35. The highest BCUT2D eigenvalue weighted by molar-refractivity contribution is 5.42. The Hall–Kier alpha value is -1.12. The summed E-state index contributed by atoms with van der Waals surface area (Å²) >= 11 is 0. The van der Waals surface area contributed by atoms with Gasteiger partial charge in [-0.15, -0.1) is 0 Å². The van der Waals surface area contributed by atoms with Crippen LogP contribution in [0.4, 0.5) is 10.2 Å². The quantitative estimate of drug-likeness (QED) is 0.808. The van der Waals surface area contributed by atoms with Crippen molar-refractivity contribution in [3.05, 3.63) is 23.4 Å². The van der Waals surface area contributed by atoms with E-state index in [4.69, 9.17) is 0 Å². The number of alkyl halides is 1. The minimum atomic E-state index is -0.300. The van der Waals surface area contributed by atoms with Gasteiger partial charge < -0.3 is 4.90 Å². The molecule has 0 aliphatic heterocycles. The largest absolute Gasteiger partial charge is 0.351 e. The number of hydrogen-bond donors (Lipinski definition) is 0. The number of hydrogen-bond acceptors (Lipinski definition) is 2. The van der Waals surface area contributed by atoms with Crippen LogP contribution in [0.2, 0.25) is 0 Å². The van der Waals surface area contributed by atoms with Crippen LogP contribution in [0.1, 0.15) is 43.4 Å². The van der Waals surface area contributed by atoms with Gasteiger partial charge in [-0.05, 0) is 38.3 Å². The molecule has 1 saturated carbocycles. The van der Waals surface area contributed by atoms with E-state index in [2.05, 4.69) is 22.9 Å². The lowest BCUT2D eigenvalue weighted by atomic mass is 9.94. The number of nitrogens with zero attached hydrogens (tertiary/aromatic N) is 2. The predicted molar refractivity (Wildman–Crippen MR) is 73.9 cm³/mol. The van der Waals surface area contributed by atoms with E-state index in [9.17, 15) is 4.39 Å². The molecule has 0 atom stereocenters. The first kappa shape index (κ1) is 13.3. The molecular weight excluding hydrogens is 227 g/mol. The second kappa shape index (κ2) is 6.17. The van der Waals surface area contributed by atoms with Crippen LogP contribution in [0.15, 0.2) is 12.1 Å². The highest BCUT2D eigenvalue weighted by atomic mass is 19.1. The molecule has 1 aromatic rings. The first-order chi connectivity index (χ1) is 8.72. The van der Waals surface area contributed by atoms with Crippen LogP contribution in [0.5, 0.6) is 0 Å². The maximum Gasteiger partial charge on any atom is 0.129 e. The molecule has 1 aromatic heterocycles. The van der Waals surface area contributed by atoms with Crippen molar-refractivity contribution >= 4 is 5.82 Å². The molecule has 1 heterocycles. The number of pyridine rings is 1. The van der Waals surface area contributed by atoms with Crippen molar-refractivity contribution in [3.8, 4) is 0 Å². The molecule has 0 aromatic carbocycles. The van der Waals surface area contributed by atoms with E-state index in [-0.39, 0.29) is 6.67 Å². The molecule has 0 amide bonds. The average molecular weight is 250 g/mol. The zero-order valence-electron chi connectivity index (χ0n) is 11.5. The summed E-state index contributed by atoms with van der Waals surface area (Å²) in [4.78, 5) is 6.80. The summed E-state index contributed by atoms with van der Waals surface area (Å²) in [6.45, 7) is 4.25. The zero-order chi connectivity index (χ0) is 13.0. The summed E-state index contributed by atoms with van der Waals surface area (Å²) in [5.74, 6) is 0.947. The van der Waals surface area contributed by atoms with Crippen molar-refractivity contribution in [2.24, 2.45) is 0 Å². The summed E-state index contributed by atoms with van der Waals surface area (Å²) in [5, 5.41) is 0. The van der Waals surface area contributed by atoms with Crippen molar-refractivity contribution in [3.63, 3.8) is 0 Å². The Morgan fingerprint density at radius 3 is 2.56 bits per heavy atom. The molecule has 18 heavy (non-hydrogen) atoms. The standard InChI is InChI=1S/C15H23FN2/c1-12-8-9-15(17-13(12)2)18(11-10-16)14-6-4-3-5-7-14/h8-9,14H,3-7,10-11H2,1-2H3. The van der Waals surface area contributed by atoms with E-state index in [0.717, 1.165) is 11.5 Å². The summed E-state index contributed by atoms with van der Waals surface area (Å²) < 4.78 is 12.8. The normalized spacial score (nSPS) is 16.8. The smallest absolute Gasteiger partial charge is 0.129 e. The second-order valence-electron chi connectivity index (χ2n) is 5.25. The van der Waals surface area contributed by atoms with Gasteiger partial charge in [0, 0.05) is 18.3 Å². The lowest BCUT2D eigenvalue weighted by molar-refractivity contribution is 0.392. The highest BCUT2D eigenvalue weighted by Gasteiger charge is 2.22. The van der Waals surface area contributed by atoms with Crippen LogP contribution in [-0.2, 0) is 0 Å². The molecule has 0 saturated heterocycles. The Morgan fingerprint density at radius 1 is 1.22 bits per heavy atom. The first-order valence-corrected chi connectivity index (χ1v) is 6.99. The van der Waals surface area contributed by atoms with Crippen LogP contribution < -0.4 is 4.90 Å². The average Bonchev–Trinajstić information content (AvgIpc) is 2.40. The predicted octanol–water partition coefficient (Wildman–Crippen LogP) is 3.81. The van der Waals surface area contributed by atoms with Crippen LogP contribution in [0.3, 0.4) is 0 Å². The third-order valence-corrected chi connectivity index (χ3v) is 3.97. The van der Waals surface area contributed by atoms with E-state index in [1.165, 1.54) is 37.7 Å². The fourth-order valence-electron chi connectivity index (χ4n) is 2.75. The number of aromatic nitrogens is 1. The Kier molecular flexibility index (Phi) is 4.56. The zero-order valence-corrected chi connectivity index (χ0v) is 11.5. The molecule has 100 valence electrons. The van der Waals surface area contributed by atoms with Gasteiger partial charge in [0.25, 0.3) is 0 Å². The fourth-order valence-corrected chi connectivity index (χ4v) is 2.75. The Balaban J connectivity index is 2.19. The third-order valence-electron chi connectivity index (χ3n) is 3.97. The maximum absolute atomic E-state index is 12.8. The van der Waals surface area contributed by atoms with Crippen molar-refractivity contribution in [1.29, 1.82) is 0 Å². The van der Waals surface area contributed by atoms with Crippen LogP contribution in [-0.4, -0.2) is 24.2 Å². The van der Waals surface area contributed by atoms with Gasteiger partial charge in [-0.3, -0.25) is 0 Å². The van der Waals surface area contributed by atoms with E-state index in [1.807, 2.05) is 13.0 Å². The van der Waals surface area contributed by atoms with Crippen molar-refractivity contribution in [2.75, 3.05) is 18.1 Å².